The minimum absolute atomic E-state index is 0.923. The van der Waals surface area contributed by atoms with Gasteiger partial charge in [-0.1, -0.05) is 72.8 Å². The van der Waals surface area contributed by atoms with Gasteiger partial charge in [0.1, 0.15) is 11.2 Å². The normalized spacial score (nSPS) is 11.8. The molecule has 0 atom stereocenters. The quantitative estimate of drug-likeness (QED) is 0.259. The molecular formula is C26H15BrO. The summed E-state index contributed by atoms with van der Waals surface area (Å²) >= 11 is 3.83. The molecule has 0 aliphatic heterocycles. The van der Waals surface area contributed by atoms with Gasteiger partial charge in [-0.15, -0.1) is 0 Å². The first-order chi connectivity index (χ1) is 13.8. The van der Waals surface area contributed by atoms with Crippen LogP contribution in [0.5, 0.6) is 0 Å². The van der Waals surface area contributed by atoms with Gasteiger partial charge in [-0.25, -0.2) is 0 Å². The highest BCUT2D eigenvalue weighted by Crippen LogP contribution is 2.39. The van der Waals surface area contributed by atoms with Gasteiger partial charge in [-0.3, -0.25) is 0 Å². The number of fused-ring (bicyclic) bond motifs is 6. The predicted octanol–water partition coefficient (Wildman–Crippen LogP) is 8.32. The van der Waals surface area contributed by atoms with Gasteiger partial charge in [0.25, 0.3) is 0 Å². The maximum absolute atomic E-state index is 6.25. The van der Waals surface area contributed by atoms with E-state index < -0.39 is 0 Å². The third-order valence-corrected chi connectivity index (χ3v) is 6.39. The fourth-order valence-corrected chi connectivity index (χ4v) is 4.85. The van der Waals surface area contributed by atoms with E-state index in [-0.39, 0.29) is 0 Å². The first-order valence-electron chi connectivity index (χ1n) is 9.31. The zero-order valence-corrected chi connectivity index (χ0v) is 16.5. The largest absolute Gasteiger partial charge is 0.455 e. The molecule has 0 fully saturated rings. The number of hydrogen-bond donors (Lipinski definition) is 0. The van der Waals surface area contributed by atoms with Crippen LogP contribution in [0.25, 0.3) is 54.6 Å². The lowest BCUT2D eigenvalue weighted by Gasteiger charge is -2.08. The SMILES string of the molecule is Brc1c(-c2ccc3oc4c5ccccc5ccc4c3c2)ccc2ccccc12. The maximum Gasteiger partial charge on any atom is 0.143 e. The molecule has 6 aromatic rings. The van der Waals surface area contributed by atoms with Crippen LogP contribution in [0.3, 0.4) is 0 Å². The van der Waals surface area contributed by atoms with Crippen LogP contribution in [-0.2, 0) is 0 Å². The van der Waals surface area contributed by atoms with E-state index in [2.05, 4.69) is 107 Å². The van der Waals surface area contributed by atoms with Gasteiger partial charge >= 0.3 is 0 Å². The highest BCUT2D eigenvalue weighted by atomic mass is 79.9. The van der Waals surface area contributed by atoms with Crippen LogP contribution in [0.15, 0.2) is 99.9 Å². The van der Waals surface area contributed by atoms with Gasteiger partial charge in [0.2, 0.25) is 0 Å². The molecule has 0 spiro atoms. The second kappa shape index (κ2) is 5.95. The summed E-state index contributed by atoms with van der Waals surface area (Å²) in [4.78, 5) is 0. The van der Waals surface area contributed by atoms with Crippen LogP contribution in [-0.4, -0.2) is 0 Å². The van der Waals surface area contributed by atoms with E-state index in [1.54, 1.807) is 0 Å². The minimum Gasteiger partial charge on any atom is -0.455 e. The standard InChI is InChI=1S/C26H15BrO/c27-25-19-7-3-1-5-16(19)9-12-20(25)18-11-14-24-23(15-18)22-13-10-17-6-2-4-8-21(17)26(22)28-24/h1-15H. The van der Waals surface area contributed by atoms with Gasteiger partial charge in [0.15, 0.2) is 0 Å². The Morgan fingerprint density at radius 1 is 0.571 bits per heavy atom. The van der Waals surface area contributed by atoms with Crippen molar-refractivity contribution in [1.82, 2.24) is 0 Å². The molecule has 6 rings (SSSR count). The highest BCUT2D eigenvalue weighted by Gasteiger charge is 2.13. The van der Waals surface area contributed by atoms with Crippen molar-refractivity contribution in [3.63, 3.8) is 0 Å². The van der Waals surface area contributed by atoms with Crippen LogP contribution in [0.2, 0.25) is 0 Å². The van der Waals surface area contributed by atoms with Crippen LogP contribution < -0.4 is 0 Å². The molecule has 5 aromatic carbocycles. The first kappa shape index (κ1) is 15.9. The molecule has 1 aromatic heterocycles. The average Bonchev–Trinajstić information content (AvgIpc) is 3.13. The zero-order valence-electron chi connectivity index (χ0n) is 14.9. The molecule has 0 aliphatic carbocycles. The van der Waals surface area contributed by atoms with E-state index in [1.807, 2.05) is 0 Å². The molecule has 1 nitrogen and oxygen atoms in total. The molecule has 2 heteroatoms. The van der Waals surface area contributed by atoms with Crippen molar-refractivity contribution in [2.24, 2.45) is 0 Å². The highest BCUT2D eigenvalue weighted by molar-refractivity contribution is 9.10. The number of halogens is 1. The summed E-state index contributed by atoms with van der Waals surface area (Å²) in [6.45, 7) is 0. The Kier molecular flexibility index (Phi) is 3.38. The van der Waals surface area contributed by atoms with Crippen LogP contribution in [0.4, 0.5) is 0 Å². The molecule has 0 saturated carbocycles. The average molecular weight is 423 g/mol. The summed E-state index contributed by atoms with van der Waals surface area (Å²) in [6.07, 6.45) is 0. The van der Waals surface area contributed by atoms with Crippen molar-refractivity contribution in [3.8, 4) is 11.1 Å². The van der Waals surface area contributed by atoms with Gasteiger partial charge in [0, 0.05) is 20.6 Å². The third kappa shape index (κ3) is 2.25. The molecule has 0 amide bonds. The molecule has 0 N–H and O–H groups in total. The number of hydrogen-bond acceptors (Lipinski definition) is 1. The van der Waals surface area contributed by atoms with Crippen LogP contribution in [0.1, 0.15) is 0 Å². The summed E-state index contributed by atoms with van der Waals surface area (Å²) < 4.78 is 7.37. The van der Waals surface area contributed by atoms with Crippen molar-refractivity contribution in [1.29, 1.82) is 0 Å². The van der Waals surface area contributed by atoms with Crippen molar-refractivity contribution >= 4 is 59.4 Å². The summed E-state index contributed by atoms with van der Waals surface area (Å²) in [5.74, 6) is 0. The van der Waals surface area contributed by atoms with Gasteiger partial charge in [-0.2, -0.15) is 0 Å². The van der Waals surface area contributed by atoms with Crippen LogP contribution >= 0.6 is 15.9 Å². The van der Waals surface area contributed by atoms with Gasteiger partial charge in [-0.05, 0) is 61.4 Å². The smallest absolute Gasteiger partial charge is 0.143 e. The third-order valence-electron chi connectivity index (χ3n) is 5.54. The van der Waals surface area contributed by atoms with Crippen molar-refractivity contribution < 1.29 is 4.42 Å². The molecule has 0 aliphatic rings. The van der Waals surface area contributed by atoms with E-state index >= 15 is 0 Å². The molecule has 0 radical (unpaired) electrons. The van der Waals surface area contributed by atoms with E-state index in [0.29, 0.717) is 0 Å². The zero-order chi connectivity index (χ0) is 18.7. The fraction of sp³-hybridized carbons (Fsp3) is 0. The Morgan fingerprint density at radius 3 is 2.14 bits per heavy atom. The first-order valence-corrected chi connectivity index (χ1v) is 10.1. The predicted molar refractivity (Wildman–Crippen MR) is 122 cm³/mol. The van der Waals surface area contributed by atoms with Crippen molar-refractivity contribution in [3.05, 3.63) is 95.5 Å². The molecular weight excluding hydrogens is 408 g/mol. The lowest BCUT2D eigenvalue weighted by Crippen LogP contribution is -1.82. The second-order valence-electron chi connectivity index (χ2n) is 7.12. The monoisotopic (exact) mass is 422 g/mol. The Hall–Kier alpha value is -3.10. The Bertz CT molecular complexity index is 1520. The topological polar surface area (TPSA) is 13.1 Å². The number of furan rings is 1. The van der Waals surface area contributed by atoms with E-state index in [9.17, 15) is 0 Å². The number of benzene rings is 5. The summed E-state index contributed by atoms with van der Waals surface area (Å²) in [6, 6.07) is 32.0. The Morgan fingerprint density at radius 2 is 1.29 bits per heavy atom. The minimum atomic E-state index is 0.923. The molecule has 0 saturated heterocycles. The summed E-state index contributed by atoms with van der Waals surface area (Å²) in [5, 5.41) is 7.13. The lowest BCUT2D eigenvalue weighted by molar-refractivity contribution is 0.672. The van der Waals surface area contributed by atoms with Gasteiger partial charge in [0.05, 0.1) is 0 Å². The Labute approximate surface area is 170 Å². The number of rotatable bonds is 1. The Balaban J connectivity index is 1.64. The van der Waals surface area contributed by atoms with Gasteiger partial charge < -0.3 is 4.42 Å². The van der Waals surface area contributed by atoms with Crippen LogP contribution in [0, 0.1) is 0 Å². The molecule has 1 heterocycles. The van der Waals surface area contributed by atoms with Crippen molar-refractivity contribution in [2.45, 2.75) is 0 Å². The van der Waals surface area contributed by atoms with E-state index in [4.69, 9.17) is 4.42 Å². The summed E-state index contributed by atoms with van der Waals surface area (Å²) in [5.41, 5.74) is 4.26. The second-order valence-corrected chi connectivity index (χ2v) is 7.92. The van der Waals surface area contributed by atoms with E-state index in [0.717, 1.165) is 31.8 Å². The molecule has 0 bridgehead atoms. The maximum atomic E-state index is 6.25. The fourth-order valence-electron chi connectivity index (χ4n) is 4.13. The molecule has 0 unspecified atom stereocenters. The summed E-state index contributed by atoms with van der Waals surface area (Å²) in [7, 11) is 0. The lowest BCUT2D eigenvalue weighted by atomic mass is 9.99. The molecule has 132 valence electrons. The molecule has 28 heavy (non-hydrogen) atoms. The van der Waals surface area contributed by atoms with Crippen molar-refractivity contribution in [2.75, 3.05) is 0 Å². The van der Waals surface area contributed by atoms with E-state index in [1.165, 1.54) is 27.3 Å².